The van der Waals surface area contributed by atoms with E-state index in [1.54, 1.807) is 6.07 Å². The Labute approximate surface area is 113 Å². The van der Waals surface area contributed by atoms with Crippen LogP contribution in [-0.2, 0) is 0 Å². The molecule has 0 heterocycles. The third-order valence-electron chi connectivity index (χ3n) is 2.79. The van der Waals surface area contributed by atoms with Crippen molar-refractivity contribution < 1.29 is 19.4 Å². The predicted octanol–water partition coefficient (Wildman–Crippen LogP) is 2.86. The van der Waals surface area contributed by atoms with Crippen LogP contribution in [0.1, 0.15) is 30.6 Å². The zero-order chi connectivity index (χ0) is 14.4. The Kier molecular flexibility index (Phi) is 5.48. The lowest BCUT2D eigenvalue weighted by atomic mass is 10.1. The Morgan fingerprint density at radius 2 is 1.84 bits per heavy atom. The van der Waals surface area contributed by atoms with Gasteiger partial charge in [0.05, 0.1) is 25.5 Å². The maximum Gasteiger partial charge on any atom is 0.337 e. The molecule has 1 aromatic rings. The molecule has 106 valence electrons. The van der Waals surface area contributed by atoms with Gasteiger partial charge in [-0.1, -0.05) is 13.8 Å². The molecule has 0 spiro atoms. The van der Waals surface area contributed by atoms with E-state index in [4.69, 9.17) is 9.47 Å². The van der Waals surface area contributed by atoms with Gasteiger partial charge < -0.3 is 19.9 Å². The first kappa shape index (κ1) is 15.1. The molecule has 0 amide bonds. The second-order valence-electron chi connectivity index (χ2n) is 4.67. The van der Waals surface area contributed by atoms with Crippen LogP contribution in [0.3, 0.4) is 0 Å². The lowest BCUT2D eigenvalue weighted by Crippen LogP contribution is -2.10. The number of anilines is 1. The third-order valence-corrected chi connectivity index (χ3v) is 2.79. The van der Waals surface area contributed by atoms with Gasteiger partial charge in [-0.3, -0.25) is 0 Å². The molecular formula is C14H21NO4. The molecule has 0 aliphatic heterocycles. The Balaban J connectivity index is 3.02. The molecule has 5 heteroatoms. The second kappa shape index (κ2) is 6.87. The van der Waals surface area contributed by atoms with Crippen LogP contribution in [-0.4, -0.2) is 31.8 Å². The number of carbonyl (C=O) groups is 1. The van der Waals surface area contributed by atoms with Gasteiger partial charge in [0.25, 0.3) is 0 Å². The van der Waals surface area contributed by atoms with Crippen molar-refractivity contribution in [1.29, 1.82) is 0 Å². The zero-order valence-electron chi connectivity index (χ0n) is 11.8. The van der Waals surface area contributed by atoms with Crippen LogP contribution in [0.4, 0.5) is 5.69 Å². The van der Waals surface area contributed by atoms with E-state index in [9.17, 15) is 9.90 Å². The zero-order valence-corrected chi connectivity index (χ0v) is 11.8. The topological polar surface area (TPSA) is 67.8 Å². The summed E-state index contributed by atoms with van der Waals surface area (Å²) in [5.41, 5.74) is 0.729. The van der Waals surface area contributed by atoms with E-state index in [1.807, 2.05) is 0 Å². The van der Waals surface area contributed by atoms with Gasteiger partial charge in [0.15, 0.2) is 11.5 Å². The van der Waals surface area contributed by atoms with E-state index in [0.717, 1.165) is 6.42 Å². The molecule has 0 bridgehead atoms. The maximum absolute atomic E-state index is 11.3. The molecule has 1 rings (SSSR count). The molecule has 0 aliphatic carbocycles. The molecular weight excluding hydrogens is 246 g/mol. The summed E-state index contributed by atoms with van der Waals surface area (Å²) in [6, 6.07) is 3.13. The highest BCUT2D eigenvalue weighted by Crippen LogP contribution is 2.33. The Bertz CT molecular complexity index is 443. The quantitative estimate of drug-likeness (QED) is 0.795. The summed E-state index contributed by atoms with van der Waals surface area (Å²) < 4.78 is 10.3. The minimum atomic E-state index is -0.993. The van der Waals surface area contributed by atoms with Crippen molar-refractivity contribution in [1.82, 2.24) is 0 Å². The average Bonchev–Trinajstić information content (AvgIpc) is 2.37. The Hall–Kier alpha value is -1.91. The number of hydrogen-bond acceptors (Lipinski definition) is 4. The highest BCUT2D eigenvalue weighted by Gasteiger charge is 2.15. The lowest BCUT2D eigenvalue weighted by Gasteiger charge is -2.15. The first-order chi connectivity index (χ1) is 8.99. The maximum atomic E-state index is 11.3. The highest BCUT2D eigenvalue weighted by molar-refractivity contribution is 5.95. The normalized spacial score (nSPS) is 10.4. The van der Waals surface area contributed by atoms with Crippen LogP contribution < -0.4 is 14.8 Å². The van der Waals surface area contributed by atoms with Crippen molar-refractivity contribution in [3.05, 3.63) is 17.7 Å². The Morgan fingerprint density at radius 3 is 2.32 bits per heavy atom. The van der Waals surface area contributed by atoms with Gasteiger partial charge in [0, 0.05) is 18.7 Å². The molecule has 5 nitrogen and oxygen atoms in total. The van der Waals surface area contributed by atoms with Crippen molar-refractivity contribution in [3.8, 4) is 11.5 Å². The SMILES string of the molecule is COc1cc(NCCC(C)C)c(C(=O)O)cc1OC. The Morgan fingerprint density at radius 1 is 1.26 bits per heavy atom. The van der Waals surface area contributed by atoms with E-state index in [-0.39, 0.29) is 5.56 Å². The predicted molar refractivity (Wildman–Crippen MR) is 74.5 cm³/mol. The minimum absolute atomic E-state index is 0.182. The summed E-state index contributed by atoms with van der Waals surface area (Å²) in [5.74, 6) is 0.489. The largest absolute Gasteiger partial charge is 0.493 e. The van der Waals surface area contributed by atoms with Crippen LogP contribution in [0.15, 0.2) is 12.1 Å². The van der Waals surface area contributed by atoms with E-state index in [0.29, 0.717) is 29.6 Å². The van der Waals surface area contributed by atoms with E-state index >= 15 is 0 Å². The molecule has 2 N–H and O–H groups in total. The summed E-state index contributed by atoms with van der Waals surface area (Å²) >= 11 is 0. The molecule has 0 aromatic heterocycles. The number of rotatable bonds is 7. The molecule has 0 fully saturated rings. The van der Waals surface area contributed by atoms with Crippen LogP contribution >= 0.6 is 0 Å². The number of methoxy groups -OCH3 is 2. The lowest BCUT2D eigenvalue weighted by molar-refractivity contribution is 0.0697. The molecule has 0 radical (unpaired) electrons. The fourth-order valence-corrected chi connectivity index (χ4v) is 1.70. The van der Waals surface area contributed by atoms with Crippen LogP contribution in [0.25, 0.3) is 0 Å². The number of carboxylic acid groups (broad SMARTS) is 1. The van der Waals surface area contributed by atoms with Crippen LogP contribution in [0.5, 0.6) is 11.5 Å². The van der Waals surface area contributed by atoms with E-state index < -0.39 is 5.97 Å². The number of carboxylic acids is 1. The van der Waals surface area contributed by atoms with Crippen molar-refractivity contribution in [2.45, 2.75) is 20.3 Å². The standard InChI is InChI=1S/C14H21NO4/c1-9(2)5-6-15-11-8-13(19-4)12(18-3)7-10(11)14(16)17/h7-9,15H,5-6H2,1-4H3,(H,16,17). The highest BCUT2D eigenvalue weighted by atomic mass is 16.5. The van der Waals surface area contributed by atoms with Crippen molar-refractivity contribution in [2.24, 2.45) is 5.92 Å². The second-order valence-corrected chi connectivity index (χ2v) is 4.67. The molecule has 0 unspecified atom stereocenters. The number of nitrogens with one attached hydrogen (secondary N) is 1. The first-order valence-corrected chi connectivity index (χ1v) is 6.22. The fourth-order valence-electron chi connectivity index (χ4n) is 1.70. The number of aromatic carboxylic acids is 1. The number of ether oxygens (including phenoxy) is 2. The number of hydrogen-bond donors (Lipinski definition) is 2. The first-order valence-electron chi connectivity index (χ1n) is 6.22. The molecule has 0 atom stereocenters. The van der Waals surface area contributed by atoms with Gasteiger partial charge in [-0.15, -0.1) is 0 Å². The fraction of sp³-hybridized carbons (Fsp3) is 0.500. The summed E-state index contributed by atoms with van der Waals surface area (Å²) in [5, 5.41) is 12.4. The smallest absolute Gasteiger partial charge is 0.337 e. The van der Waals surface area contributed by atoms with Crippen molar-refractivity contribution in [2.75, 3.05) is 26.1 Å². The molecule has 0 saturated carbocycles. The summed E-state index contributed by atoms with van der Waals surface area (Å²) in [6.07, 6.45) is 0.966. The van der Waals surface area contributed by atoms with Gasteiger partial charge in [-0.05, 0) is 12.3 Å². The van der Waals surface area contributed by atoms with Crippen LogP contribution in [0.2, 0.25) is 0 Å². The third kappa shape index (κ3) is 4.05. The van der Waals surface area contributed by atoms with Gasteiger partial charge >= 0.3 is 5.97 Å². The van der Waals surface area contributed by atoms with Gasteiger partial charge in [-0.2, -0.15) is 0 Å². The van der Waals surface area contributed by atoms with Crippen molar-refractivity contribution in [3.63, 3.8) is 0 Å². The summed E-state index contributed by atoms with van der Waals surface area (Å²) in [7, 11) is 3.01. The monoisotopic (exact) mass is 267 g/mol. The van der Waals surface area contributed by atoms with Gasteiger partial charge in [0.1, 0.15) is 0 Å². The molecule has 1 aromatic carbocycles. The van der Waals surface area contributed by atoms with Gasteiger partial charge in [0.2, 0.25) is 0 Å². The van der Waals surface area contributed by atoms with E-state index in [1.165, 1.54) is 20.3 Å². The van der Waals surface area contributed by atoms with E-state index in [2.05, 4.69) is 19.2 Å². The van der Waals surface area contributed by atoms with Crippen LogP contribution in [0, 0.1) is 5.92 Å². The number of benzene rings is 1. The summed E-state index contributed by atoms with van der Waals surface area (Å²) in [6.45, 7) is 4.95. The summed E-state index contributed by atoms with van der Waals surface area (Å²) in [4.78, 5) is 11.3. The molecule has 0 saturated heterocycles. The van der Waals surface area contributed by atoms with Crippen molar-refractivity contribution >= 4 is 11.7 Å². The minimum Gasteiger partial charge on any atom is -0.493 e. The van der Waals surface area contributed by atoms with Gasteiger partial charge in [-0.25, -0.2) is 4.79 Å². The molecule has 0 aliphatic rings. The molecule has 19 heavy (non-hydrogen) atoms. The average molecular weight is 267 g/mol.